The van der Waals surface area contributed by atoms with Crippen molar-refractivity contribution in [2.24, 2.45) is 0 Å². The maximum Gasteiger partial charge on any atom is 0.220 e. The van der Waals surface area contributed by atoms with Crippen molar-refractivity contribution in [3.8, 4) is 0 Å². The molecule has 0 heterocycles. The molecule has 0 spiro atoms. The molecule has 0 bridgehead atoms. The summed E-state index contributed by atoms with van der Waals surface area (Å²) < 4.78 is 0. The summed E-state index contributed by atoms with van der Waals surface area (Å²) in [6.07, 6.45) is 42.1. The summed E-state index contributed by atoms with van der Waals surface area (Å²) in [6, 6.07) is -0.801. The fraction of sp³-hybridized carbons (Fsp3) is 0.976. The Morgan fingerprint density at radius 1 is 0.447 bits per heavy atom. The van der Waals surface area contributed by atoms with E-state index in [0.717, 1.165) is 38.5 Å². The third-order valence-electron chi connectivity index (χ3n) is 10.2. The molecule has 3 unspecified atom stereocenters. The number of aliphatic hydroxyl groups excluding tert-OH is 3. The summed E-state index contributed by atoms with van der Waals surface area (Å²) >= 11 is 0. The second kappa shape index (κ2) is 38.2. The van der Waals surface area contributed by atoms with Crippen LogP contribution in [0.4, 0.5) is 0 Å². The van der Waals surface area contributed by atoms with Crippen molar-refractivity contribution in [3.05, 3.63) is 0 Å². The molecular formula is C42H85NO4. The van der Waals surface area contributed by atoms with Crippen molar-refractivity contribution in [3.63, 3.8) is 0 Å². The standard InChI is InChI=1S/C42H85NO4/c1-3-5-7-9-11-13-15-16-17-18-19-20-21-22-23-24-25-27-29-31-33-35-37-41(46)43-39(38-44)42(47)40(45)36-34-32-30-28-26-14-12-10-8-6-4-2/h39-40,42,44-45,47H,3-38H2,1-2H3,(H,43,46). The summed E-state index contributed by atoms with van der Waals surface area (Å²) in [6.45, 7) is 4.18. The van der Waals surface area contributed by atoms with Gasteiger partial charge in [0, 0.05) is 6.42 Å². The minimum atomic E-state index is -1.13. The predicted molar refractivity (Wildman–Crippen MR) is 204 cm³/mol. The minimum Gasteiger partial charge on any atom is -0.394 e. The molecule has 47 heavy (non-hydrogen) atoms. The van der Waals surface area contributed by atoms with E-state index in [1.807, 2.05) is 0 Å². The summed E-state index contributed by atoms with van der Waals surface area (Å²) in [5.74, 6) is -0.141. The largest absolute Gasteiger partial charge is 0.394 e. The quantitative estimate of drug-likeness (QED) is 0.0491. The topological polar surface area (TPSA) is 89.8 Å². The molecule has 4 N–H and O–H groups in total. The van der Waals surface area contributed by atoms with Crippen LogP contribution in [0.25, 0.3) is 0 Å². The van der Waals surface area contributed by atoms with Crippen LogP contribution in [0.2, 0.25) is 0 Å². The van der Waals surface area contributed by atoms with Crippen molar-refractivity contribution in [1.29, 1.82) is 0 Å². The van der Waals surface area contributed by atoms with Gasteiger partial charge < -0.3 is 20.6 Å². The molecule has 0 aliphatic rings. The molecule has 282 valence electrons. The number of carbonyl (C=O) groups is 1. The van der Waals surface area contributed by atoms with Gasteiger partial charge >= 0.3 is 0 Å². The van der Waals surface area contributed by atoms with E-state index < -0.39 is 18.2 Å². The Bertz CT molecular complexity index is 615. The Kier molecular flexibility index (Phi) is 37.6. The molecule has 1 amide bonds. The molecule has 0 aliphatic heterocycles. The highest BCUT2D eigenvalue weighted by molar-refractivity contribution is 5.76. The van der Waals surface area contributed by atoms with Crippen LogP contribution in [0.15, 0.2) is 0 Å². The van der Waals surface area contributed by atoms with Crippen LogP contribution in [0, 0.1) is 0 Å². The monoisotopic (exact) mass is 668 g/mol. The van der Waals surface area contributed by atoms with Crippen molar-refractivity contribution in [2.45, 2.75) is 257 Å². The second-order valence-corrected chi connectivity index (χ2v) is 14.9. The molecular weight excluding hydrogens is 582 g/mol. The first-order chi connectivity index (χ1) is 23.1. The Morgan fingerprint density at radius 2 is 0.723 bits per heavy atom. The molecule has 3 atom stereocenters. The Morgan fingerprint density at radius 3 is 1.02 bits per heavy atom. The molecule has 5 heteroatoms. The average Bonchev–Trinajstić information content (AvgIpc) is 3.07. The van der Waals surface area contributed by atoms with Crippen LogP contribution < -0.4 is 5.32 Å². The molecule has 0 fully saturated rings. The molecule has 0 aromatic rings. The van der Waals surface area contributed by atoms with Crippen LogP contribution in [0.5, 0.6) is 0 Å². The number of carbonyl (C=O) groups excluding carboxylic acids is 1. The fourth-order valence-corrected chi connectivity index (χ4v) is 6.87. The first-order valence-corrected chi connectivity index (χ1v) is 21.3. The summed E-state index contributed by atoms with van der Waals surface area (Å²) in [5.41, 5.74) is 0. The number of nitrogens with one attached hydrogen (secondary N) is 1. The Labute approximate surface area is 294 Å². The average molecular weight is 668 g/mol. The van der Waals surface area contributed by atoms with Gasteiger partial charge in [0.25, 0.3) is 0 Å². The Balaban J connectivity index is 3.54. The minimum absolute atomic E-state index is 0.141. The molecule has 0 saturated heterocycles. The third kappa shape index (κ3) is 33.6. The number of hydrogen-bond acceptors (Lipinski definition) is 4. The number of unbranched alkanes of at least 4 members (excludes halogenated alkanes) is 31. The highest BCUT2D eigenvalue weighted by Gasteiger charge is 2.26. The van der Waals surface area contributed by atoms with Crippen molar-refractivity contribution >= 4 is 5.91 Å². The van der Waals surface area contributed by atoms with Crippen LogP contribution >= 0.6 is 0 Å². The molecule has 0 radical (unpaired) electrons. The van der Waals surface area contributed by atoms with Crippen LogP contribution in [0.3, 0.4) is 0 Å². The molecule has 5 nitrogen and oxygen atoms in total. The van der Waals surface area contributed by atoms with E-state index in [9.17, 15) is 20.1 Å². The third-order valence-corrected chi connectivity index (χ3v) is 10.2. The number of amides is 1. The molecule has 0 aromatic heterocycles. The van der Waals surface area contributed by atoms with Crippen molar-refractivity contribution in [1.82, 2.24) is 5.32 Å². The van der Waals surface area contributed by atoms with Crippen LogP contribution in [0.1, 0.15) is 239 Å². The first kappa shape index (κ1) is 46.4. The van der Waals surface area contributed by atoms with Gasteiger partial charge in [0.1, 0.15) is 6.10 Å². The normalized spacial score (nSPS) is 13.6. The first-order valence-electron chi connectivity index (χ1n) is 21.3. The number of aliphatic hydroxyl groups is 3. The summed E-state index contributed by atoms with van der Waals surface area (Å²) in [7, 11) is 0. The molecule has 0 aliphatic carbocycles. The lowest BCUT2D eigenvalue weighted by atomic mass is 9.99. The van der Waals surface area contributed by atoms with E-state index in [2.05, 4.69) is 19.2 Å². The molecule has 0 rings (SSSR count). The number of hydrogen-bond donors (Lipinski definition) is 4. The van der Waals surface area contributed by atoms with Gasteiger partial charge in [-0.3, -0.25) is 4.79 Å². The predicted octanol–water partition coefficient (Wildman–Crippen LogP) is 11.9. The van der Waals surface area contributed by atoms with Gasteiger partial charge in [-0.05, 0) is 12.8 Å². The zero-order valence-electron chi connectivity index (χ0n) is 31.9. The lowest BCUT2D eigenvalue weighted by molar-refractivity contribution is -0.124. The number of rotatable bonds is 39. The van der Waals surface area contributed by atoms with Crippen LogP contribution in [-0.2, 0) is 4.79 Å². The molecule has 0 aromatic carbocycles. The van der Waals surface area contributed by atoms with E-state index in [-0.39, 0.29) is 12.5 Å². The SMILES string of the molecule is CCCCCCCCCCCCCCCCCCCCCCCCC(=O)NC(CO)C(O)C(O)CCCCCCCCCCCCC. The van der Waals surface area contributed by atoms with E-state index >= 15 is 0 Å². The zero-order valence-corrected chi connectivity index (χ0v) is 31.9. The van der Waals surface area contributed by atoms with Crippen LogP contribution in [-0.4, -0.2) is 46.1 Å². The molecule has 0 saturated carbocycles. The van der Waals surface area contributed by atoms with E-state index in [0.29, 0.717) is 12.8 Å². The van der Waals surface area contributed by atoms with Gasteiger partial charge in [-0.15, -0.1) is 0 Å². The fourth-order valence-electron chi connectivity index (χ4n) is 6.87. The van der Waals surface area contributed by atoms with Gasteiger partial charge in [-0.25, -0.2) is 0 Å². The maximum atomic E-state index is 12.4. The lowest BCUT2D eigenvalue weighted by Crippen LogP contribution is -2.50. The highest BCUT2D eigenvalue weighted by Crippen LogP contribution is 2.17. The van der Waals surface area contributed by atoms with E-state index in [1.54, 1.807) is 0 Å². The van der Waals surface area contributed by atoms with Gasteiger partial charge in [0.05, 0.1) is 18.8 Å². The van der Waals surface area contributed by atoms with Gasteiger partial charge in [0.15, 0.2) is 0 Å². The zero-order chi connectivity index (χ0) is 34.5. The van der Waals surface area contributed by atoms with Gasteiger partial charge in [0.2, 0.25) is 5.91 Å². The van der Waals surface area contributed by atoms with E-state index in [4.69, 9.17) is 0 Å². The van der Waals surface area contributed by atoms with Gasteiger partial charge in [-0.2, -0.15) is 0 Å². The Hall–Kier alpha value is -0.650. The summed E-state index contributed by atoms with van der Waals surface area (Å²) in [4.78, 5) is 12.4. The van der Waals surface area contributed by atoms with Crippen molar-refractivity contribution in [2.75, 3.05) is 6.61 Å². The van der Waals surface area contributed by atoms with Crippen molar-refractivity contribution < 1.29 is 20.1 Å². The lowest BCUT2D eigenvalue weighted by Gasteiger charge is -2.26. The van der Waals surface area contributed by atoms with E-state index in [1.165, 1.54) is 173 Å². The van der Waals surface area contributed by atoms with Gasteiger partial charge in [-0.1, -0.05) is 219 Å². The smallest absolute Gasteiger partial charge is 0.220 e. The highest BCUT2D eigenvalue weighted by atomic mass is 16.3. The maximum absolute atomic E-state index is 12.4. The summed E-state index contributed by atoms with van der Waals surface area (Å²) in [5, 5.41) is 33.4. The second-order valence-electron chi connectivity index (χ2n) is 14.9.